The fourth-order valence-corrected chi connectivity index (χ4v) is 9.40. The predicted octanol–water partition coefficient (Wildman–Crippen LogP) is 6.74. The van der Waals surface area contributed by atoms with E-state index in [-0.39, 0.29) is 28.5 Å². The number of hydrogen-bond acceptors (Lipinski definition) is 3. The number of rotatable bonds is 6. The number of fused-ring (bicyclic) bond motifs is 5. The first-order valence-corrected chi connectivity index (χ1v) is 14.4. The number of nitriles is 1. The third-order valence-electron chi connectivity index (χ3n) is 11.0. The van der Waals surface area contributed by atoms with E-state index in [0.717, 1.165) is 61.2 Å². The van der Waals surface area contributed by atoms with Gasteiger partial charge in [-0.3, -0.25) is 4.79 Å². The maximum Gasteiger partial charge on any atom is 0.254 e. The van der Waals surface area contributed by atoms with Crippen molar-refractivity contribution in [2.45, 2.75) is 84.6 Å². The number of benzene rings is 1. The molecular weight excluding hydrogens is 451 g/mol. The fraction of sp³-hybridized carbons (Fsp3) is 0.742. The number of hydrogen-bond donors (Lipinski definition) is 1. The summed E-state index contributed by atoms with van der Waals surface area (Å²) in [5, 5.41) is 12.1. The molecule has 4 saturated carbocycles. The van der Waals surface area contributed by atoms with Crippen molar-refractivity contribution >= 4 is 5.91 Å². The van der Waals surface area contributed by atoms with Crippen LogP contribution in [-0.2, 0) is 4.74 Å². The molecule has 4 aliphatic rings. The molecule has 4 nitrogen and oxygen atoms in total. The normalized spacial score (nSPS) is 38.2. The molecule has 0 spiro atoms. The van der Waals surface area contributed by atoms with E-state index < -0.39 is 5.82 Å². The molecule has 4 fully saturated rings. The maximum atomic E-state index is 14.4. The molecule has 5 rings (SSSR count). The van der Waals surface area contributed by atoms with E-state index in [0.29, 0.717) is 5.92 Å². The molecule has 196 valence electrons. The number of carbonyl (C=O) groups is 1. The highest BCUT2D eigenvalue weighted by atomic mass is 19.1. The maximum absolute atomic E-state index is 14.4. The van der Waals surface area contributed by atoms with Crippen LogP contribution in [0.15, 0.2) is 18.2 Å². The highest BCUT2D eigenvalue weighted by Crippen LogP contribution is 2.64. The van der Waals surface area contributed by atoms with Crippen molar-refractivity contribution in [3.8, 4) is 6.07 Å². The Hall–Kier alpha value is -1.93. The molecule has 0 bridgehead atoms. The minimum absolute atomic E-state index is 0.00411. The van der Waals surface area contributed by atoms with Gasteiger partial charge in [-0.15, -0.1) is 0 Å². The smallest absolute Gasteiger partial charge is 0.254 e. The largest absolute Gasteiger partial charge is 0.381 e. The Bertz CT molecular complexity index is 1000. The monoisotopic (exact) mass is 494 g/mol. The number of halogens is 1. The van der Waals surface area contributed by atoms with Crippen LogP contribution in [0.3, 0.4) is 0 Å². The second-order valence-electron chi connectivity index (χ2n) is 12.6. The topological polar surface area (TPSA) is 62.1 Å². The van der Waals surface area contributed by atoms with Crippen LogP contribution < -0.4 is 5.32 Å². The van der Waals surface area contributed by atoms with Gasteiger partial charge in [0.05, 0.1) is 17.2 Å². The van der Waals surface area contributed by atoms with E-state index >= 15 is 0 Å². The van der Waals surface area contributed by atoms with E-state index in [2.05, 4.69) is 26.1 Å². The Morgan fingerprint density at radius 2 is 1.97 bits per heavy atom. The van der Waals surface area contributed by atoms with Gasteiger partial charge in [0.25, 0.3) is 5.91 Å². The van der Waals surface area contributed by atoms with Crippen molar-refractivity contribution in [3.05, 3.63) is 35.1 Å². The third-order valence-corrected chi connectivity index (χ3v) is 11.0. The van der Waals surface area contributed by atoms with Gasteiger partial charge in [0.2, 0.25) is 0 Å². The SMILES string of the molecule is CCOC[C@H]1CC[C@@H]2C3CC[C@@]4(C)C(CCC4[C@@H](C)NC(=O)c4ccc(C#N)cc4F)[C@@H]3CC[C@@H]2C1. The Morgan fingerprint density at radius 3 is 2.72 bits per heavy atom. The van der Waals surface area contributed by atoms with E-state index in [4.69, 9.17) is 10.00 Å². The molecule has 1 amide bonds. The Labute approximate surface area is 216 Å². The van der Waals surface area contributed by atoms with Crippen LogP contribution in [0, 0.1) is 64.0 Å². The lowest BCUT2D eigenvalue weighted by molar-refractivity contribution is -0.0751. The van der Waals surface area contributed by atoms with Gasteiger partial charge in [0.15, 0.2) is 0 Å². The molecule has 0 aromatic heterocycles. The average molecular weight is 495 g/mol. The van der Waals surface area contributed by atoms with Crippen LogP contribution in [0.5, 0.6) is 0 Å². The number of nitrogens with zero attached hydrogens (tertiary/aromatic N) is 1. The van der Waals surface area contributed by atoms with Crippen molar-refractivity contribution in [3.63, 3.8) is 0 Å². The minimum atomic E-state index is -0.623. The van der Waals surface area contributed by atoms with Gasteiger partial charge in [-0.25, -0.2) is 4.39 Å². The lowest BCUT2D eigenvalue weighted by atomic mass is 9.49. The van der Waals surface area contributed by atoms with Gasteiger partial charge in [-0.1, -0.05) is 6.92 Å². The third kappa shape index (κ3) is 4.60. The predicted molar refractivity (Wildman–Crippen MR) is 139 cm³/mol. The summed E-state index contributed by atoms with van der Waals surface area (Å²) in [4.78, 5) is 12.9. The molecule has 4 aliphatic carbocycles. The quantitative estimate of drug-likeness (QED) is 0.476. The first kappa shape index (κ1) is 25.7. The minimum Gasteiger partial charge on any atom is -0.381 e. The average Bonchev–Trinajstić information content (AvgIpc) is 3.24. The molecule has 9 atom stereocenters. The molecule has 0 heterocycles. The second kappa shape index (κ2) is 10.4. The van der Waals surface area contributed by atoms with Crippen molar-refractivity contribution in [1.29, 1.82) is 5.26 Å². The fourth-order valence-electron chi connectivity index (χ4n) is 9.40. The number of amides is 1. The number of carbonyl (C=O) groups excluding carboxylic acids is 1. The molecule has 1 aromatic carbocycles. The first-order chi connectivity index (χ1) is 17.4. The van der Waals surface area contributed by atoms with Gasteiger partial charge in [0, 0.05) is 19.3 Å². The van der Waals surface area contributed by atoms with Crippen molar-refractivity contribution < 1.29 is 13.9 Å². The van der Waals surface area contributed by atoms with Crippen molar-refractivity contribution in [2.24, 2.45) is 46.8 Å². The van der Waals surface area contributed by atoms with Gasteiger partial charge in [0.1, 0.15) is 5.82 Å². The van der Waals surface area contributed by atoms with Crippen LogP contribution in [0.4, 0.5) is 4.39 Å². The Kier molecular flexibility index (Phi) is 7.46. The number of nitrogens with one attached hydrogen (secondary N) is 1. The Morgan fingerprint density at radius 1 is 1.17 bits per heavy atom. The van der Waals surface area contributed by atoms with Crippen LogP contribution in [0.25, 0.3) is 0 Å². The van der Waals surface area contributed by atoms with E-state index in [9.17, 15) is 9.18 Å². The molecule has 0 saturated heterocycles. The van der Waals surface area contributed by atoms with E-state index in [1.54, 1.807) is 0 Å². The zero-order valence-electron chi connectivity index (χ0n) is 22.3. The summed E-state index contributed by atoms with van der Waals surface area (Å²) in [5.74, 6) is 4.45. The molecule has 0 radical (unpaired) electrons. The summed E-state index contributed by atoms with van der Waals surface area (Å²) in [7, 11) is 0. The summed E-state index contributed by atoms with van der Waals surface area (Å²) < 4.78 is 20.2. The zero-order valence-corrected chi connectivity index (χ0v) is 22.3. The van der Waals surface area contributed by atoms with Gasteiger partial charge in [-0.2, -0.15) is 5.26 Å². The van der Waals surface area contributed by atoms with Crippen LogP contribution >= 0.6 is 0 Å². The molecule has 1 aromatic rings. The van der Waals surface area contributed by atoms with Crippen LogP contribution in [-0.4, -0.2) is 25.2 Å². The summed E-state index contributed by atoms with van der Waals surface area (Å²) >= 11 is 0. The summed E-state index contributed by atoms with van der Waals surface area (Å²) in [6, 6.07) is 6.02. The lowest BCUT2D eigenvalue weighted by Crippen LogP contribution is -2.51. The first-order valence-electron chi connectivity index (χ1n) is 14.4. The van der Waals surface area contributed by atoms with Crippen molar-refractivity contribution in [2.75, 3.05) is 13.2 Å². The summed E-state index contributed by atoms with van der Waals surface area (Å²) in [5.41, 5.74) is 0.510. The van der Waals surface area contributed by atoms with Gasteiger partial charge < -0.3 is 10.1 Å². The number of ether oxygens (including phenoxy) is 1. The van der Waals surface area contributed by atoms with E-state index in [1.807, 2.05) is 6.07 Å². The second-order valence-corrected chi connectivity index (χ2v) is 12.6. The molecule has 36 heavy (non-hydrogen) atoms. The highest BCUT2D eigenvalue weighted by Gasteiger charge is 2.57. The highest BCUT2D eigenvalue weighted by molar-refractivity contribution is 5.94. The van der Waals surface area contributed by atoms with E-state index in [1.165, 1.54) is 63.5 Å². The molecule has 0 aliphatic heterocycles. The van der Waals surface area contributed by atoms with Gasteiger partial charge >= 0.3 is 0 Å². The molecular formula is C31H43FN2O2. The van der Waals surface area contributed by atoms with Crippen molar-refractivity contribution in [1.82, 2.24) is 5.32 Å². The molecule has 5 heteroatoms. The Balaban J connectivity index is 1.24. The van der Waals surface area contributed by atoms with Crippen LogP contribution in [0.2, 0.25) is 0 Å². The van der Waals surface area contributed by atoms with Crippen LogP contribution in [0.1, 0.15) is 94.5 Å². The summed E-state index contributed by atoms with van der Waals surface area (Å²) in [6.45, 7) is 8.48. The van der Waals surface area contributed by atoms with Gasteiger partial charge in [-0.05, 0) is 137 Å². The molecule has 3 unspecified atom stereocenters. The zero-order chi connectivity index (χ0) is 25.4. The summed E-state index contributed by atoms with van der Waals surface area (Å²) in [6.07, 6.45) is 11.8. The lowest BCUT2D eigenvalue weighted by Gasteiger charge is -2.56. The standard InChI is InChI=1S/C31H43FN2O2/c1-4-36-18-21-6-8-23-22(15-21)7-10-25-24(23)13-14-31(3)27(11-12-28(25)31)19(2)34-30(35)26-9-5-20(17-33)16-29(26)32/h5,9,16,19,21-25,27-28H,4,6-8,10-15,18H2,1-3H3,(H,34,35)/t19-,21+,22-,23+,24?,25-,27?,28?,31-/m1/s1. The molecule has 1 N–H and O–H groups in total.